The van der Waals surface area contributed by atoms with Crippen LogP contribution >= 0.6 is 23.6 Å². The van der Waals surface area contributed by atoms with Crippen LogP contribution in [0.4, 0.5) is 0 Å². The van der Waals surface area contributed by atoms with Crippen molar-refractivity contribution < 1.29 is 4.79 Å². The van der Waals surface area contributed by atoms with Gasteiger partial charge < -0.3 is 11.1 Å². The van der Waals surface area contributed by atoms with Crippen molar-refractivity contribution >= 4 is 34.5 Å². The molecule has 0 bridgehead atoms. The zero-order valence-electron chi connectivity index (χ0n) is 8.61. The summed E-state index contributed by atoms with van der Waals surface area (Å²) in [7, 11) is 0. The number of carbonyl (C=O) groups is 1. The lowest BCUT2D eigenvalue weighted by Crippen LogP contribution is -2.29. The molecule has 1 rings (SSSR count). The Kier molecular flexibility index (Phi) is 4.16. The van der Waals surface area contributed by atoms with Gasteiger partial charge in [-0.3, -0.25) is 4.79 Å². The third kappa shape index (κ3) is 3.93. The largest absolute Gasteiger partial charge is 0.393 e. The predicted octanol–water partition coefficient (Wildman–Crippen LogP) is 1.30. The molecule has 0 radical (unpaired) electrons. The lowest BCUT2D eigenvalue weighted by Gasteiger charge is -2.10. The predicted molar refractivity (Wildman–Crippen MR) is 64.8 cm³/mol. The first-order valence-electron chi connectivity index (χ1n) is 4.48. The van der Waals surface area contributed by atoms with Crippen molar-refractivity contribution in [3.05, 3.63) is 16.1 Å². The molecule has 1 heterocycles. The van der Waals surface area contributed by atoms with E-state index in [4.69, 9.17) is 5.73 Å². The molecular formula is C9H13N3OS2. The van der Waals surface area contributed by atoms with E-state index in [1.54, 1.807) is 0 Å². The number of carbonyl (C=O) groups excluding carboxylic acids is 1. The highest BCUT2D eigenvalue weighted by Crippen LogP contribution is 2.17. The second-order valence-corrected chi connectivity index (χ2v) is 4.67. The van der Waals surface area contributed by atoms with Gasteiger partial charge in [0.1, 0.15) is 5.01 Å². The number of nitrogens with two attached hydrogens (primary N) is 1. The third-order valence-electron chi connectivity index (χ3n) is 1.72. The molecule has 0 aliphatic heterocycles. The van der Waals surface area contributed by atoms with Gasteiger partial charge in [0.25, 0.3) is 0 Å². The highest BCUT2D eigenvalue weighted by atomic mass is 32.1. The fraction of sp³-hybridized carbons (Fsp3) is 0.444. The Bertz CT molecular complexity index is 375. The molecule has 0 saturated heterocycles. The minimum atomic E-state index is -0.164. The van der Waals surface area contributed by atoms with Crippen LogP contribution < -0.4 is 11.1 Å². The Morgan fingerprint density at radius 1 is 1.80 bits per heavy atom. The first-order chi connectivity index (χ1) is 6.99. The van der Waals surface area contributed by atoms with Gasteiger partial charge >= 0.3 is 0 Å². The van der Waals surface area contributed by atoms with E-state index in [1.807, 2.05) is 19.2 Å². The molecule has 1 unspecified atom stereocenters. The smallest absolute Gasteiger partial charge is 0.227 e. The number of amides is 1. The molecule has 1 aromatic rings. The van der Waals surface area contributed by atoms with Crippen molar-refractivity contribution in [1.29, 1.82) is 0 Å². The summed E-state index contributed by atoms with van der Waals surface area (Å²) in [5.41, 5.74) is 6.23. The van der Waals surface area contributed by atoms with Crippen molar-refractivity contribution in [1.82, 2.24) is 10.3 Å². The van der Waals surface area contributed by atoms with Crippen LogP contribution in [0.3, 0.4) is 0 Å². The first kappa shape index (κ1) is 12.1. The number of nitrogens with one attached hydrogen (secondary N) is 1. The Labute approximate surface area is 97.9 Å². The van der Waals surface area contributed by atoms with Crippen LogP contribution in [0.5, 0.6) is 0 Å². The van der Waals surface area contributed by atoms with Gasteiger partial charge in [0.05, 0.1) is 17.5 Å². The van der Waals surface area contributed by atoms with Crippen LogP contribution in [0.25, 0.3) is 0 Å². The number of hydrogen-bond donors (Lipinski definition) is 2. The number of aromatic nitrogens is 1. The summed E-state index contributed by atoms with van der Waals surface area (Å²) in [5, 5.41) is 5.62. The molecule has 0 saturated carbocycles. The number of hydrogen-bond acceptors (Lipinski definition) is 4. The molecule has 3 N–H and O–H groups in total. The molecule has 4 nitrogen and oxygen atoms in total. The number of rotatable bonds is 4. The lowest BCUT2D eigenvalue weighted by atomic mass is 10.3. The zero-order chi connectivity index (χ0) is 11.4. The van der Waals surface area contributed by atoms with Crippen molar-refractivity contribution in [3.63, 3.8) is 0 Å². The Balaban J connectivity index is 2.52. The maximum Gasteiger partial charge on any atom is 0.227 e. The SMILES string of the molecule is Cc1csc(C(C)NC(=O)CC(N)=S)n1. The fourth-order valence-electron chi connectivity index (χ4n) is 1.08. The maximum atomic E-state index is 11.3. The topological polar surface area (TPSA) is 68.0 Å². The molecule has 0 spiro atoms. The summed E-state index contributed by atoms with van der Waals surface area (Å²) in [6.07, 6.45) is 0.0873. The van der Waals surface area contributed by atoms with E-state index in [-0.39, 0.29) is 23.4 Å². The molecule has 1 atom stereocenters. The summed E-state index contributed by atoms with van der Waals surface area (Å²) < 4.78 is 0. The molecule has 1 amide bonds. The van der Waals surface area contributed by atoms with Gasteiger partial charge in [-0.2, -0.15) is 0 Å². The second kappa shape index (κ2) is 5.18. The van der Waals surface area contributed by atoms with Crippen LogP contribution in [0.2, 0.25) is 0 Å². The van der Waals surface area contributed by atoms with Crippen molar-refractivity contribution in [2.75, 3.05) is 0 Å². The molecule has 6 heteroatoms. The minimum absolute atomic E-state index is 0.0873. The standard InChI is InChI=1S/C9H13N3OS2/c1-5-4-15-9(11-5)6(2)12-8(13)3-7(10)14/h4,6H,3H2,1-2H3,(H2,10,14)(H,12,13). The summed E-state index contributed by atoms with van der Waals surface area (Å²) in [5.74, 6) is -0.164. The lowest BCUT2D eigenvalue weighted by molar-refractivity contribution is -0.120. The average molecular weight is 243 g/mol. The van der Waals surface area contributed by atoms with Crippen molar-refractivity contribution in [2.24, 2.45) is 5.73 Å². The van der Waals surface area contributed by atoms with Crippen LogP contribution in [-0.4, -0.2) is 15.9 Å². The van der Waals surface area contributed by atoms with Gasteiger partial charge in [0.2, 0.25) is 5.91 Å². The van der Waals surface area contributed by atoms with E-state index in [9.17, 15) is 4.79 Å². The number of thiocarbonyl (C=S) groups is 1. The average Bonchev–Trinajstić information content (AvgIpc) is 2.49. The van der Waals surface area contributed by atoms with Gasteiger partial charge in [-0.05, 0) is 13.8 Å². The van der Waals surface area contributed by atoms with E-state index in [0.29, 0.717) is 0 Å². The summed E-state index contributed by atoms with van der Waals surface area (Å²) in [4.78, 5) is 15.8. The summed E-state index contributed by atoms with van der Waals surface area (Å²) in [6, 6.07) is -0.0921. The van der Waals surface area contributed by atoms with Crippen molar-refractivity contribution in [3.8, 4) is 0 Å². The number of nitrogens with zero attached hydrogens (tertiary/aromatic N) is 1. The molecule has 0 aliphatic carbocycles. The Hall–Kier alpha value is -1.01. The van der Waals surface area contributed by atoms with Gasteiger partial charge in [-0.1, -0.05) is 12.2 Å². The molecule has 0 aliphatic rings. The Morgan fingerprint density at radius 3 is 2.93 bits per heavy atom. The Morgan fingerprint density at radius 2 is 2.47 bits per heavy atom. The van der Waals surface area contributed by atoms with Crippen LogP contribution in [0.15, 0.2) is 5.38 Å². The first-order valence-corrected chi connectivity index (χ1v) is 5.77. The maximum absolute atomic E-state index is 11.3. The van der Waals surface area contributed by atoms with E-state index in [0.717, 1.165) is 10.7 Å². The quantitative estimate of drug-likeness (QED) is 0.782. The van der Waals surface area contributed by atoms with Gasteiger partial charge in [-0.25, -0.2) is 4.98 Å². The van der Waals surface area contributed by atoms with E-state index >= 15 is 0 Å². The monoisotopic (exact) mass is 243 g/mol. The molecular weight excluding hydrogens is 230 g/mol. The molecule has 1 aromatic heterocycles. The van der Waals surface area contributed by atoms with Crippen molar-refractivity contribution in [2.45, 2.75) is 26.3 Å². The highest BCUT2D eigenvalue weighted by molar-refractivity contribution is 7.80. The van der Waals surface area contributed by atoms with Crippen LogP contribution in [-0.2, 0) is 4.79 Å². The summed E-state index contributed by atoms with van der Waals surface area (Å²) >= 11 is 6.18. The van der Waals surface area contributed by atoms with E-state index in [1.165, 1.54) is 11.3 Å². The van der Waals surface area contributed by atoms with Crippen LogP contribution in [0.1, 0.15) is 30.1 Å². The summed E-state index contributed by atoms with van der Waals surface area (Å²) in [6.45, 7) is 3.80. The molecule has 15 heavy (non-hydrogen) atoms. The van der Waals surface area contributed by atoms with Gasteiger partial charge in [-0.15, -0.1) is 11.3 Å². The normalized spacial score (nSPS) is 12.1. The zero-order valence-corrected chi connectivity index (χ0v) is 10.2. The molecule has 82 valence electrons. The molecule has 0 fully saturated rings. The van der Waals surface area contributed by atoms with Gasteiger partial charge in [0.15, 0.2) is 0 Å². The van der Waals surface area contributed by atoms with E-state index < -0.39 is 0 Å². The fourth-order valence-corrected chi connectivity index (χ4v) is 2.02. The van der Waals surface area contributed by atoms with Gasteiger partial charge in [0, 0.05) is 11.1 Å². The van der Waals surface area contributed by atoms with Crippen LogP contribution in [0, 0.1) is 6.92 Å². The number of thiazole rings is 1. The minimum Gasteiger partial charge on any atom is -0.393 e. The van der Waals surface area contributed by atoms with E-state index in [2.05, 4.69) is 22.5 Å². The third-order valence-corrected chi connectivity index (χ3v) is 3.01. The number of aryl methyl sites for hydroxylation is 1. The molecule has 0 aromatic carbocycles. The second-order valence-electron chi connectivity index (χ2n) is 3.26. The highest BCUT2D eigenvalue weighted by Gasteiger charge is 2.12.